The average Bonchev–Trinajstić information content (AvgIpc) is 2.91. The van der Waals surface area contributed by atoms with Crippen LogP contribution in [-0.4, -0.2) is 18.7 Å². The molecule has 0 amide bonds. The molecule has 0 heterocycles. The number of hydrogen-bond acceptors (Lipinski definition) is 4. The van der Waals surface area contributed by atoms with Crippen LogP contribution >= 0.6 is 7.72 Å². The molecule has 0 aliphatic rings. The van der Waals surface area contributed by atoms with Crippen LogP contribution in [0.15, 0.2) is 78.9 Å². The molecule has 0 saturated carbocycles. The summed E-state index contributed by atoms with van der Waals surface area (Å²) in [5, 5.41) is 1.03. The number of allylic oxidation sites excluding steroid dienone is 1. The number of carbonyl (C=O) groups is 1. The van der Waals surface area contributed by atoms with E-state index in [9.17, 15) is 4.79 Å². The molecule has 4 nitrogen and oxygen atoms in total. The zero-order valence-corrected chi connectivity index (χ0v) is 31.1. The zero-order chi connectivity index (χ0) is 33.8. The minimum absolute atomic E-state index is 0.00115. The predicted molar refractivity (Wildman–Crippen MR) is 194 cm³/mol. The van der Waals surface area contributed by atoms with Crippen LogP contribution in [0, 0.1) is 0 Å². The molecule has 0 N–H and O–H groups in total. The van der Waals surface area contributed by atoms with Gasteiger partial charge in [0.15, 0.2) is 0 Å². The summed E-state index contributed by atoms with van der Waals surface area (Å²) in [4.78, 5) is 11.5. The van der Waals surface area contributed by atoms with Crippen LogP contribution < -0.4 is 14.4 Å². The Morgan fingerprint density at radius 1 is 0.622 bits per heavy atom. The normalized spacial score (nSPS) is 13.5. The minimum atomic E-state index is -3.30. The zero-order valence-electron chi connectivity index (χ0n) is 30.1. The van der Waals surface area contributed by atoms with Gasteiger partial charge in [0.1, 0.15) is 0 Å². The SMILES string of the molecule is CC(=O)OC/C=C/C[PH](Oc1ccc(C(C)(C)C)cc1C(C)(C)C)(Oc1ccc(C(C)(C)C)cc1C(C)(C)C)c1ccccc1. The molecule has 0 fully saturated rings. The van der Waals surface area contributed by atoms with Gasteiger partial charge in [0.05, 0.1) is 0 Å². The van der Waals surface area contributed by atoms with Crippen molar-refractivity contribution < 1.29 is 18.6 Å². The second kappa shape index (κ2) is 13.7. The van der Waals surface area contributed by atoms with E-state index < -0.39 is 7.72 Å². The first kappa shape index (κ1) is 36.4. The van der Waals surface area contributed by atoms with Gasteiger partial charge in [0, 0.05) is 0 Å². The number of hydrogen-bond donors (Lipinski definition) is 0. The number of rotatable bonds is 9. The van der Waals surface area contributed by atoms with E-state index in [1.54, 1.807) is 0 Å². The van der Waals surface area contributed by atoms with Crippen molar-refractivity contribution in [2.24, 2.45) is 0 Å². The van der Waals surface area contributed by atoms with Crippen LogP contribution in [-0.2, 0) is 31.2 Å². The predicted octanol–water partition coefficient (Wildman–Crippen LogP) is 10.4. The van der Waals surface area contributed by atoms with Gasteiger partial charge >= 0.3 is 275 Å². The second-order valence-corrected chi connectivity index (χ2v) is 19.1. The van der Waals surface area contributed by atoms with Gasteiger partial charge in [-0.1, -0.05) is 0 Å². The third kappa shape index (κ3) is 9.69. The first-order chi connectivity index (χ1) is 20.6. The average molecular weight is 633 g/mol. The van der Waals surface area contributed by atoms with E-state index in [2.05, 4.69) is 132 Å². The fourth-order valence-electron chi connectivity index (χ4n) is 5.20. The summed E-state index contributed by atoms with van der Waals surface area (Å²) in [6.45, 7) is 28.5. The van der Waals surface area contributed by atoms with Crippen LogP contribution in [0.25, 0.3) is 0 Å². The van der Waals surface area contributed by atoms with E-state index in [4.69, 9.17) is 13.8 Å². The van der Waals surface area contributed by atoms with Crippen LogP contribution in [0.1, 0.15) is 112 Å². The molecular formula is C40H57O4P. The molecular weight excluding hydrogens is 575 g/mol. The van der Waals surface area contributed by atoms with Crippen molar-refractivity contribution in [2.45, 2.75) is 112 Å². The van der Waals surface area contributed by atoms with E-state index in [1.807, 2.05) is 30.4 Å². The molecule has 0 radical (unpaired) electrons. The van der Waals surface area contributed by atoms with Gasteiger partial charge in [-0.15, -0.1) is 0 Å². The van der Waals surface area contributed by atoms with Crippen molar-refractivity contribution in [3.63, 3.8) is 0 Å². The summed E-state index contributed by atoms with van der Waals surface area (Å²) in [6, 6.07) is 23.6. The first-order valence-corrected chi connectivity index (χ1v) is 18.2. The standard InChI is InChI=1S/C40H57O4P/c1-29(41)42-25-17-18-26-45(32-19-15-14-16-20-32,43-35-23-21-30(37(2,3)4)27-33(35)39(8,9)10)44-36-24-22-31(38(5,6)7)28-34(36)40(11,12)13/h14-24,27-28,45H,25-26H2,1-13H3/b18-17+. The third-order valence-corrected chi connectivity index (χ3v) is 11.1. The van der Waals surface area contributed by atoms with Gasteiger partial charge in [-0.05, 0) is 0 Å². The van der Waals surface area contributed by atoms with Crippen molar-refractivity contribution in [3.05, 3.63) is 101 Å². The fraction of sp³-hybridized carbons (Fsp3) is 0.475. The Balaban J connectivity index is 2.31. The summed E-state index contributed by atoms with van der Waals surface area (Å²) >= 11 is 0. The molecule has 0 spiro atoms. The molecule has 3 rings (SSSR count). The Kier molecular flexibility index (Phi) is 11.1. The molecule has 3 aromatic rings. The molecule has 0 aliphatic carbocycles. The molecule has 45 heavy (non-hydrogen) atoms. The van der Waals surface area contributed by atoms with E-state index in [1.165, 1.54) is 18.1 Å². The topological polar surface area (TPSA) is 44.8 Å². The van der Waals surface area contributed by atoms with Crippen molar-refractivity contribution in [1.29, 1.82) is 0 Å². The number of ether oxygens (including phenoxy) is 1. The third-order valence-electron chi connectivity index (χ3n) is 8.01. The summed E-state index contributed by atoms with van der Waals surface area (Å²) in [6.07, 6.45) is 4.45. The maximum absolute atomic E-state index is 11.5. The van der Waals surface area contributed by atoms with Crippen molar-refractivity contribution >= 4 is 19.0 Å². The molecule has 0 atom stereocenters. The first-order valence-electron chi connectivity index (χ1n) is 16.2. The van der Waals surface area contributed by atoms with Gasteiger partial charge in [-0.25, -0.2) is 0 Å². The van der Waals surface area contributed by atoms with Crippen molar-refractivity contribution in [3.8, 4) is 11.5 Å². The van der Waals surface area contributed by atoms with Crippen LogP contribution in [0.5, 0.6) is 11.5 Å². The van der Waals surface area contributed by atoms with E-state index in [0.29, 0.717) is 6.16 Å². The van der Waals surface area contributed by atoms with E-state index in [0.717, 1.165) is 27.9 Å². The Morgan fingerprint density at radius 2 is 1.07 bits per heavy atom. The molecule has 5 heteroatoms. The van der Waals surface area contributed by atoms with Gasteiger partial charge in [0.25, 0.3) is 0 Å². The Morgan fingerprint density at radius 3 is 1.44 bits per heavy atom. The molecule has 0 aromatic heterocycles. The van der Waals surface area contributed by atoms with Crippen molar-refractivity contribution in [2.75, 3.05) is 12.8 Å². The van der Waals surface area contributed by atoms with Gasteiger partial charge in [-0.3, -0.25) is 0 Å². The van der Waals surface area contributed by atoms with E-state index in [-0.39, 0.29) is 34.2 Å². The maximum atomic E-state index is 11.5. The van der Waals surface area contributed by atoms with E-state index >= 15 is 0 Å². The second-order valence-electron chi connectivity index (χ2n) is 16.2. The Bertz CT molecular complexity index is 1400. The van der Waals surface area contributed by atoms with Gasteiger partial charge < -0.3 is 0 Å². The van der Waals surface area contributed by atoms with Gasteiger partial charge in [-0.2, -0.15) is 0 Å². The van der Waals surface area contributed by atoms with Crippen LogP contribution in [0.2, 0.25) is 0 Å². The fourth-order valence-corrected chi connectivity index (χ4v) is 8.13. The summed E-state index contributed by atoms with van der Waals surface area (Å²) in [5.74, 6) is 1.37. The van der Waals surface area contributed by atoms with Crippen LogP contribution in [0.3, 0.4) is 0 Å². The molecule has 246 valence electrons. The molecule has 0 bridgehead atoms. The Hall–Kier alpha value is -3.10. The van der Waals surface area contributed by atoms with Crippen LogP contribution in [0.4, 0.5) is 0 Å². The molecule has 3 aromatic carbocycles. The number of esters is 1. The molecule has 0 aliphatic heterocycles. The summed E-state index contributed by atoms with van der Waals surface area (Å²) < 4.78 is 20.0. The summed E-state index contributed by atoms with van der Waals surface area (Å²) in [5.41, 5.74) is 4.50. The van der Waals surface area contributed by atoms with Crippen molar-refractivity contribution in [1.82, 2.24) is 0 Å². The van der Waals surface area contributed by atoms with Gasteiger partial charge in [0.2, 0.25) is 0 Å². The Labute approximate surface area is 274 Å². The molecule has 0 unspecified atom stereocenters. The molecule has 0 saturated heterocycles. The monoisotopic (exact) mass is 632 g/mol. The summed E-state index contributed by atoms with van der Waals surface area (Å²) in [7, 11) is -3.30. The number of carbonyl (C=O) groups excluding carboxylic acids is 1. The quantitative estimate of drug-likeness (QED) is 0.134. The number of benzene rings is 3.